The van der Waals surface area contributed by atoms with E-state index in [-0.39, 0.29) is 0 Å². The maximum Gasteiger partial charge on any atom is 0.345 e. The summed E-state index contributed by atoms with van der Waals surface area (Å²) in [5.41, 5.74) is 2.21. The van der Waals surface area contributed by atoms with Gasteiger partial charge in [0.25, 0.3) is 0 Å². The van der Waals surface area contributed by atoms with Crippen LogP contribution in [0.2, 0.25) is 0 Å². The highest BCUT2D eigenvalue weighted by Gasteiger charge is 2.12. The highest BCUT2D eigenvalue weighted by molar-refractivity contribution is 5.63. The number of ether oxygens (including phenoxy) is 1. The molecule has 0 fully saturated rings. The number of allylic oxidation sites excluding steroid dienone is 1. The molecule has 5 heteroatoms. The fraction of sp³-hybridized carbons (Fsp3) is 0.111. The molecule has 0 aliphatic heterocycles. The fourth-order valence-electron chi connectivity index (χ4n) is 2.23. The fourth-order valence-corrected chi connectivity index (χ4v) is 2.23. The molecule has 0 aliphatic carbocycles. The van der Waals surface area contributed by atoms with Gasteiger partial charge in [-0.05, 0) is 42.8 Å². The maximum absolute atomic E-state index is 12.3. The molecule has 0 aromatic carbocycles. The van der Waals surface area contributed by atoms with Crippen LogP contribution >= 0.6 is 0 Å². The number of aromatic nitrogens is 2. The third kappa shape index (κ3) is 2.94. The van der Waals surface area contributed by atoms with Crippen LogP contribution in [0.3, 0.4) is 0 Å². The molecular weight excluding hydrogens is 292 g/mol. The Kier molecular flexibility index (Phi) is 3.85. The number of aryl methyl sites for hydroxylation is 1. The molecular formula is C18H16N2O3. The zero-order valence-electron chi connectivity index (χ0n) is 12.9. The average molecular weight is 308 g/mol. The van der Waals surface area contributed by atoms with E-state index >= 15 is 0 Å². The van der Waals surface area contributed by atoms with Crippen LogP contribution in [0.1, 0.15) is 11.3 Å². The first kappa shape index (κ1) is 14.8. The third-order valence-electron chi connectivity index (χ3n) is 3.49. The number of methoxy groups -OCH3 is 1. The van der Waals surface area contributed by atoms with Gasteiger partial charge in [0.05, 0.1) is 18.4 Å². The Morgan fingerprint density at radius 1 is 1.43 bits per heavy atom. The van der Waals surface area contributed by atoms with Crippen molar-refractivity contribution in [2.45, 2.75) is 6.92 Å². The number of rotatable bonds is 4. The van der Waals surface area contributed by atoms with Crippen molar-refractivity contribution in [1.29, 1.82) is 0 Å². The first-order valence-electron chi connectivity index (χ1n) is 7.08. The molecule has 23 heavy (non-hydrogen) atoms. The summed E-state index contributed by atoms with van der Waals surface area (Å²) in [6.45, 7) is 5.56. The molecule has 3 rings (SSSR count). The number of nitrogens with zero attached hydrogens (tertiary/aromatic N) is 2. The topological polar surface area (TPSA) is 56.7 Å². The van der Waals surface area contributed by atoms with E-state index in [1.807, 2.05) is 41.9 Å². The van der Waals surface area contributed by atoms with Crippen LogP contribution in [-0.4, -0.2) is 16.5 Å². The van der Waals surface area contributed by atoms with Crippen molar-refractivity contribution in [2.75, 3.05) is 7.11 Å². The van der Waals surface area contributed by atoms with Gasteiger partial charge in [-0.15, -0.1) is 0 Å². The highest BCUT2D eigenvalue weighted by atomic mass is 16.5. The lowest BCUT2D eigenvalue weighted by Gasteiger charge is -2.02. The average Bonchev–Trinajstić information content (AvgIpc) is 2.98. The monoisotopic (exact) mass is 308 g/mol. The normalized spacial score (nSPS) is 11.2. The summed E-state index contributed by atoms with van der Waals surface area (Å²) >= 11 is 0. The van der Waals surface area contributed by atoms with Gasteiger partial charge in [-0.1, -0.05) is 12.6 Å². The molecule has 0 saturated heterocycles. The number of fused-ring (bicyclic) bond motifs is 1. The summed E-state index contributed by atoms with van der Waals surface area (Å²) in [5, 5.41) is 0. The molecule has 3 heterocycles. The molecule has 0 bridgehead atoms. The Morgan fingerprint density at radius 2 is 2.26 bits per heavy atom. The number of hydrogen-bond acceptors (Lipinski definition) is 4. The molecule has 0 unspecified atom stereocenters. The maximum atomic E-state index is 12.3. The molecule has 0 amide bonds. The van der Waals surface area contributed by atoms with Crippen molar-refractivity contribution in [3.8, 4) is 11.3 Å². The van der Waals surface area contributed by atoms with E-state index in [4.69, 9.17) is 9.15 Å². The minimum atomic E-state index is -0.429. The van der Waals surface area contributed by atoms with Crippen LogP contribution in [-0.2, 0) is 4.74 Å². The quantitative estimate of drug-likeness (QED) is 0.547. The van der Waals surface area contributed by atoms with Crippen molar-refractivity contribution in [2.24, 2.45) is 0 Å². The third-order valence-corrected chi connectivity index (χ3v) is 3.49. The lowest BCUT2D eigenvalue weighted by Crippen LogP contribution is -2.05. The summed E-state index contributed by atoms with van der Waals surface area (Å²) in [6, 6.07) is 7.47. The molecule has 0 spiro atoms. The van der Waals surface area contributed by atoms with Gasteiger partial charge < -0.3 is 13.6 Å². The lowest BCUT2D eigenvalue weighted by molar-refractivity contribution is 0.309. The van der Waals surface area contributed by atoms with Gasteiger partial charge in [-0.2, -0.15) is 0 Å². The van der Waals surface area contributed by atoms with Crippen molar-refractivity contribution < 1.29 is 9.15 Å². The predicted octanol–water partition coefficient (Wildman–Crippen LogP) is 3.44. The Bertz CT molecular complexity index is 931. The first-order chi connectivity index (χ1) is 11.1. The largest absolute Gasteiger partial charge is 0.497 e. The van der Waals surface area contributed by atoms with Crippen LogP contribution in [0.15, 0.2) is 64.3 Å². The minimum absolute atomic E-state index is 0.429. The van der Waals surface area contributed by atoms with Crippen LogP contribution in [0.4, 0.5) is 0 Å². The van der Waals surface area contributed by atoms with E-state index in [0.29, 0.717) is 22.8 Å². The van der Waals surface area contributed by atoms with Crippen molar-refractivity contribution in [3.63, 3.8) is 0 Å². The zero-order valence-corrected chi connectivity index (χ0v) is 12.9. The molecule has 0 N–H and O–H groups in total. The molecule has 0 atom stereocenters. The van der Waals surface area contributed by atoms with Gasteiger partial charge in [-0.25, -0.2) is 9.78 Å². The van der Waals surface area contributed by atoms with Crippen molar-refractivity contribution >= 4 is 11.7 Å². The highest BCUT2D eigenvalue weighted by Crippen LogP contribution is 2.19. The van der Waals surface area contributed by atoms with E-state index in [1.54, 1.807) is 18.2 Å². The Balaban J connectivity index is 2.04. The van der Waals surface area contributed by atoms with Gasteiger partial charge >= 0.3 is 5.63 Å². The zero-order chi connectivity index (χ0) is 16.4. The predicted molar refractivity (Wildman–Crippen MR) is 89.1 cm³/mol. The van der Waals surface area contributed by atoms with Crippen LogP contribution in [0.5, 0.6) is 0 Å². The smallest absolute Gasteiger partial charge is 0.345 e. The molecule has 3 aromatic rings. The van der Waals surface area contributed by atoms with E-state index in [1.165, 1.54) is 7.11 Å². The molecule has 0 aliphatic rings. The SMILES string of the molecule is C=C(/C=C\c1oc(=O)c(-c2cn3ccccc3n2)cc1C)OC. The molecule has 5 nitrogen and oxygen atoms in total. The van der Waals surface area contributed by atoms with Crippen LogP contribution in [0.25, 0.3) is 23.0 Å². The Labute approximate surface area is 133 Å². The summed E-state index contributed by atoms with van der Waals surface area (Å²) in [5.74, 6) is 0.956. The second-order valence-corrected chi connectivity index (χ2v) is 5.09. The summed E-state index contributed by atoms with van der Waals surface area (Å²) in [7, 11) is 1.53. The second kappa shape index (κ2) is 5.96. The Morgan fingerprint density at radius 3 is 3.00 bits per heavy atom. The first-order valence-corrected chi connectivity index (χ1v) is 7.08. The molecule has 0 saturated carbocycles. The van der Waals surface area contributed by atoms with E-state index in [0.717, 1.165) is 11.2 Å². The number of imidazole rings is 1. The molecule has 3 aromatic heterocycles. The summed E-state index contributed by atoms with van der Waals surface area (Å²) in [6.07, 6.45) is 7.00. The second-order valence-electron chi connectivity index (χ2n) is 5.09. The number of hydrogen-bond donors (Lipinski definition) is 0. The summed E-state index contributed by atoms with van der Waals surface area (Å²) in [4.78, 5) is 16.7. The number of pyridine rings is 1. The van der Waals surface area contributed by atoms with E-state index < -0.39 is 5.63 Å². The van der Waals surface area contributed by atoms with Crippen LogP contribution < -0.4 is 5.63 Å². The van der Waals surface area contributed by atoms with Crippen LogP contribution in [0, 0.1) is 6.92 Å². The van der Waals surface area contributed by atoms with Crippen molar-refractivity contribution in [3.05, 3.63) is 76.8 Å². The van der Waals surface area contributed by atoms with Gasteiger partial charge in [0.2, 0.25) is 0 Å². The van der Waals surface area contributed by atoms with E-state index in [9.17, 15) is 4.79 Å². The standard InChI is InChI=1S/C18H16N2O3/c1-12-10-14(15-11-20-9-5-4-6-17(20)19-15)18(21)23-16(12)8-7-13(2)22-3/h4-11H,2H2,1,3H3/b8-7-. The van der Waals surface area contributed by atoms with Crippen molar-refractivity contribution in [1.82, 2.24) is 9.38 Å². The summed E-state index contributed by atoms with van der Waals surface area (Å²) < 4.78 is 12.2. The minimum Gasteiger partial charge on any atom is -0.497 e. The Hall–Kier alpha value is -3.08. The van der Waals surface area contributed by atoms with E-state index in [2.05, 4.69) is 11.6 Å². The van der Waals surface area contributed by atoms with Gasteiger partial charge in [0, 0.05) is 12.4 Å². The van der Waals surface area contributed by atoms with Gasteiger partial charge in [0.1, 0.15) is 17.2 Å². The van der Waals surface area contributed by atoms with Gasteiger partial charge in [0.15, 0.2) is 0 Å². The lowest BCUT2D eigenvalue weighted by atomic mass is 10.1. The molecule has 116 valence electrons. The molecule has 0 radical (unpaired) electrons. The van der Waals surface area contributed by atoms with Gasteiger partial charge in [-0.3, -0.25) is 0 Å².